The van der Waals surface area contributed by atoms with Gasteiger partial charge in [-0.2, -0.15) is 0 Å². The van der Waals surface area contributed by atoms with E-state index in [9.17, 15) is 4.39 Å². The molecule has 0 aliphatic carbocycles. The van der Waals surface area contributed by atoms with E-state index in [1.165, 1.54) is 19.4 Å². The van der Waals surface area contributed by atoms with Crippen molar-refractivity contribution in [2.24, 2.45) is 5.41 Å². The highest BCUT2D eigenvalue weighted by Crippen LogP contribution is 2.41. The molecule has 9 heteroatoms. The summed E-state index contributed by atoms with van der Waals surface area (Å²) < 4.78 is 27.2. The Bertz CT molecular complexity index is 1190. The molecule has 1 spiro atoms. The second-order valence-electron chi connectivity index (χ2n) is 9.16. The topological polar surface area (TPSA) is 62.8 Å². The van der Waals surface area contributed by atoms with Crippen molar-refractivity contribution >= 4 is 38.3 Å². The van der Waals surface area contributed by atoms with Crippen LogP contribution in [0.25, 0.3) is 10.9 Å². The summed E-state index contributed by atoms with van der Waals surface area (Å²) in [7, 11) is 2.17. The molecule has 1 N–H and O–H groups in total. The molecule has 1 atom stereocenters. The molecule has 3 aliphatic heterocycles. The van der Waals surface area contributed by atoms with Crippen LogP contribution in [0.5, 0.6) is 11.5 Å². The van der Waals surface area contributed by atoms with Gasteiger partial charge in [0.15, 0.2) is 17.3 Å². The number of fused-ring (bicyclic) bond motifs is 2. The third kappa shape index (κ3) is 3.48. The van der Waals surface area contributed by atoms with Gasteiger partial charge in [-0.1, -0.05) is 6.07 Å². The van der Waals surface area contributed by atoms with Crippen LogP contribution in [-0.4, -0.2) is 72.3 Å². The van der Waals surface area contributed by atoms with Gasteiger partial charge in [0.2, 0.25) is 0 Å². The Kier molecular flexibility index (Phi) is 4.74. The van der Waals surface area contributed by atoms with Crippen LogP contribution in [0.4, 0.5) is 15.9 Å². The second kappa shape index (κ2) is 7.54. The molecule has 1 unspecified atom stereocenters. The molecule has 3 aromatic rings. The Hall–Kier alpha value is -2.49. The zero-order valence-corrected chi connectivity index (χ0v) is 19.2. The highest BCUT2D eigenvalue weighted by atomic mass is 79.9. The Labute approximate surface area is 193 Å². The number of rotatable bonds is 4. The van der Waals surface area contributed by atoms with E-state index in [0.717, 1.165) is 25.0 Å². The number of hydrogen-bond donors (Lipinski definition) is 1. The summed E-state index contributed by atoms with van der Waals surface area (Å²) >= 11 is 3.22. The predicted molar refractivity (Wildman–Crippen MR) is 123 cm³/mol. The molecule has 2 saturated heterocycles. The molecule has 3 aliphatic rings. The first-order chi connectivity index (χ1) is 15.5. The van der Waals surface area contributed by atoms with Crippen LogP contribution >= 0.6 is 15.9 Å². The van der Waals surface area contributed by atoms with E-state index in [1.54, 1.807) is 18.2 Å². The van der Waals surface area contributed by atoms with Crippen LogP contribution in [-0.2, 0) is 0 Å². The van der Waals surface area contributed by atoms with Gasteiger partial charge in [0, 0.05) is 49.6 Å². The zero-order valence-electron chi connectivity index (χ0n) is 17.6. The number of aromatic nitrogens is 2. The van der Waals surface area contributed by atoms with Crippen molar-refractivity contribution in [1.82, 2.24) is 19.8 Å². The van der Waals surface area contributed by atoms with Crippen LogP contribution in [0.1, 0.15) is 0 Å². The molecular weight excluding hydrogens is 477 g/mol. The van der Waals surface area contributed by atoms with Gasteiger partial charge < -0.3 is 19.7 Å². The molecule has 0 amide bonds. The largest absolute Gasteiger partial charge is 0.486 e. The number of ether oxygens (including phenoxy) is 2. The van der Waals surface area contributed by atoms with Gasteiger partial charge in [0.05, 0.1) is 15.7 Å². The maximum absolute atomic E-state index is 14.5. The van der Waals surface area contributed by atoms with Crippen molar-refractivity contribution < 1.29 is 13.9 Å². The number of likely N-dealkylation sites (tertiary alicyclic amines) is 2. The lowest BCUT2D eigenvalue weighted by Crippen LogP contribution is -2.72. The molecule has 2 fully saturated rings. The van der Waals surface area contributed by atoms with Crippen molar-refractivity contribution in [3.63, 3.8) is 0 Å². The van der Waals surface area contributed by atoms with E-state index >= 15 is 0 Å². The minimum atomic E-state index is -0.373. The maximum Gasteiger partial charge on any atom is 0.163 e. The van der Waals surface area contributed by atoms with Gasteiger partial charge in [-0.15, -0.1) is 0 Å². The van der Waals surface area contributed by atoms with Crippen molar-refractivity contribution in [3.8, 4) is 11.5 Å². The first-order valence-corrected chi connectivity index (χ1v) is 11.5. The lowest BCUT2D eigenvalue weighted by molar-refractivity contribution is -0.116. The Morgan fingerprint density at radius 3 is 2.84 bits per heavy atom. The van der Waals surface area contributed by atoms with Gasteiger partial charge in [-0.25, -0.2) is 14.4 Å². The molecule has 32 heavy (non-hydrogen) atoms. The fraction of sp³-hybridized carbons (Fsp3) is 0.391. The number of halogens is 2. The maximum atomic E-state index is 14.5. The Balaban J connectivity index is 1.22. The average molecular weight is 500 g/mol. The molecule has 0 bridgehead atoms. The third-order valence-electron chi connectivity index (χ3n) is 6.41. The van der Waals surface area contributed by atoms with E-state index in [4.69, 9.17) is 9.47 Å². The van der Waals surface area contributed by atoms with Crippen molar-refractivity contribution in [3.05, 3.63) is 46.9 Å². The third-order valence-corrected chi connectivity index (χ3v) is 7.03. The van der Waals surface area contributed by atoms with Gasteiger partial charge in [0.1, 0.15) is 24.9 Å². The molecule has 1 aromatic heterocycles. The minimum Gasteiger partial charge on any atom is -0.486 e. The Morgan fingerprint density at radius 1 is 1.19 bits per heavy atom. The molecule has 6 rings (SSSR count). The van der Waals surface area contributed by atoms with E-state index in [2.05, 4.69) is 48.1 Å². The summed E-state index contributed by atoms with van der Waals surface area (Å²) in [6, 6.07) is 8.83. The summed E-state index contributed by atoms with van der Waals surface area (Å²) in [5.41, 5.74) is 1.54. The summed E-state index contributed by atoms with van der Waals surface area (Å²) in [6.45, 7) is 6.00. The van der Waals surface area contributed by atoms with Crippen LogP contribution in [0.15, 0.2) is 41.1 Å². The number of hydrogen-bond acceptors (Lipinski definition) is 7. The van der Waals surface area contributed by atoms with E-state index in [1.807, 2.05) is 12.1 Å². The number of anilines is 2. The van der Waals surface area contributed by atoms with Gasteiger partial charge in [-0.3, -0.25) is 4.90 Å². The smallest absolute Gasteiger partial charge is 0.163 e. The fourth-order valence-electron chi connectivity index (χ4n) is 5.20. The van der Waals surface area contributed by atoms with E-state index in [0.29, 0.717) is 45.0 Å². The van der Waals surface area contributed by atoms with Gasteiger partial charge in [-0.05, 0) is 41.2 Å². The summed E-state index contributed by atoms with van der Waals surface area (Å²) in [5.74, 6) is 1.48. The van der Waals surface area contributed by atoms with Crippen molar-refractivity contribution in [2.45, 2.75) is 6.10 Å². The van der Waals surface area contributed by atoms with Gasteiger partial charge in [0.25, 0.3) is 0 Å². The number of nitrogens with zero attached hydrogens (tertiary/aromatic N) is 4. The lowest BCUT2D eigenvalue weighted by Gasteiger charge is -2.60. The molecule has 4 heterocycles. The minimum absolute atomic E-state index is 0.0290. The van der Waals surface area contributed by atoms with E-state index in [-0.39, 0.29) is 11.9 Å². The highest BCUT2D eigenvalue weighted by Gasteiger charge is 2.50. The second-order valence-corrected chi connectivity index (χ2v) is 10.0. The van der Waals surface area contributed by atoms with Crippen molar-refractivity contribution in [2.75, 3.05) is 51.7 Å². The van der Waals surface area contributed by atoms with Gasteiger partial charge >= 0.3 is 0 Å². The summed E-state index contributed by atoms with van der Waals surface area (Å²) in [6.07, 6.45) is 1.43. The molecule has 0 saturated carbocycles. The fourth-order valence-corrected chi connectivity index (χ4v) is 5.57. The Morgan fingerprint density at radius 2 is 2.03 bits per heavy atom. The van der Waals surface area contributed by atoms with E-state index < -0.39 is 0 Å². The van der Waals surface area contributed by atoms with Crippen LogP contribution in [0, 0.1) is 11.2 Å². The SMILES string of the molecule is CN1CC2(C1)CN(CC1COc3cc4ncnc(Nc5cccc(Br)c5F)c4cc3O1)C2. The van der Waals surface area contributed by atoms with Crippen LogP contribution in [0.2, 0.25) is 0 Å². The lowest BCUT2D eigenvalue weighted by atomic mass is 9.73. The summed E-state index contributed by atoms with van der Waals surface area (Å²) in [5, 5.41) is 3.83. The monoisotopic (exact) mass is 499 g/mol. The molecule has 166 valence electrons. The highest BCUT2D eigenvalue weighted by molar-refractivity contribution is 9.10. The first-order valence-electron chi connectivity index (χ1n) is 10.7. The average Bonchev–Trinajstić information content (AvgIpc) is 2.73. The zero-order chi connectivity index (χ0) is 21.9. The first kappa shape index (κ1) is 20.1. The van der Waals surface area contributed by atoms with Crippen LogP contribution < -0.4 is 14.8 Å². The normalized spacial score (nSPS) is 21.9. The van der Waals surface area contributed by atoms with Crippen LogP contribution in [0.3, 0.4) is 0 Å². The van der Waals surface area contributed by atoms with Crippen molar-refractivity contribution in [1.29, 1.82) is 0 Å². The molecule has 7 nitrogen and oxygen atoms in total. The quantitative estimate of drug-likeness (QED) is 0.587. The molecular formula is C23H23BrFN5O2. The molecule has 0 radical (unpaired) electrons. The predicted octanol–water partition coefficient (Wildman–Crippen LogP) is 3.66. The molecule has 2 aromatic carbocycles. The summed E-state index contributed by atoms with van der Waals surface area (Å²) in [4.78, 5) is 13.5. The standard InChI is InChI=1S/C23H23BrFN5O2/c1-29-9-23(10-29)11-30(12-23)7-14-8-31-19-6-18-15(5-20(19)32-14)22(27-13-26-18)28-17-4-2-3-16(24)21(17)25/h2-6,13-14H,7-12H2,1H3,(H,26,27,28). The number of benzene rings is 2. The number of nitrogens with one attached hydrogen (secondary N) is 1.